The van der Waals surface area contributed by atoms with Gasteiger partial charge in [-0.1, -0.05) is 48.5 Å². The smallest absolute Gasteiger partial charge is 0.323 e. The van der Waals surface area contributed by atoms with Crippen LogP contribution in [0.2, 0.25) is 0 Å². The van der Waals surface area contributed by atoms with E-state index in [4.69, 9.17) is 9.47 Å². The van der Waals surface area contributed by atoms with Crippen molar-refractivity contribution in [3.8, 4) is 11.5 Å². The van der Waals surface area contributed by atoms with E-state index in [0.29, 0.717) is 35.9 Å². The van der Waals surface area contributed by atoms with Crippen LogP contribution < -0.4 is 24.8 Å². The number of carbonyl (C=O) groups is 2. The van der Waals surface area contributed by atoms with Crippen molar-refractivity contribution in [1.29, 1.82) is 0 Å². The minimum absolute atomic E-state index is 0.00503. The normalized spacial score (nSPS) is 11.3. The lowest BCUT2D eigenvalue weighted by molar-refractivity contribution is -0.132. The highest BCUT2D eigenvalue weighted by Crippen LogP contribution is 2.21. The summed E-state index contributed by atoms with van der Waals surface area (Å²) in [6.45, 7) is 3.43. The topological polar surface area (TPSA) is 123 Å². The first-order valence-electron chi connectivity index (χ1n) is 12.9. The summed E-state index contributed by atoms with van der Waals surface area (Å²) in [5, 5.41) is 5.53. The van der Waals surface area contributed by atoms with Gasteiger partial charge in [-0.05, 0) is 80.1 Å². The summed E-state index contributed by atoms with van der Waals surface area (Å²) in [4.78, 5) is 24.8. The van der Waals surface area contributed by atoms with Gasteiger partial charge in [0.1, 0.15) is 11.5 Å². The number of rotatable bonds is 11. The Morgan fingerprint density at radius 3 is 1.85 bits per heavy atom. The Hall–Kier alpha value is -4.83. The van der Waals surface area contributed by atoms with Gasteiger partial charge in [0, 0.05) is 17.8 Å². The molecular formula is C31H31N3O6S. The van der Waals surface area contributed by atoms with Crippen LogP contribution in [0.5, 0.6) is 11.5 Å². The van der Waals surface area contributed by atoms with Gasteiger partial charge >= 0.3 is 6.03 Å². The Morgan fingerprint density at radius 2 is 1.24 bits per heavy atom. The molecule has 0 aliphatic heterocycles. The van der Waals surface area contributed by atoms with Crippen LogP contribution in [0.3, 0.4) is 0 Å². The van der Waals surface area contributed by atoms with Gasteiger partial charge < -0.3 is 20.1 Å². The maximum atomic E-state index is 12.7. The quantitative estimate of drug-likeness (QED) is 0.214. The van der Waals surface area contributed by atoms with Crippen molar-refractivity contribution in [2.75, 3.05) is 17.2 Å². The Morgan fingerprint density at radius 1 is 0.707 bits per heavy atom. The van der Waals surface area contributed by atoms with E-state index in [1.165, 1.54) is 26.0 Å². The van der Waals surface area contributed by atoms with E-state index in [-0.39, 0.29) is 10.9 Å². The molecule has 0 unspecified atom stereocenters. The molecule has 0 aliphatic carbocycles. The molecule has 0 heterocycles. The highest BCUT2D eigenvalue weighted by atomic mass is 32.2. The highest BCUT2D eigenvalue weighted by Gasteiger charge is 2.33. The number of hydrogen-bond acceptors (Lipinski definition) is 6. The van der Waals surface area contributed by atoms with Crippen LogP contribution >= 0.6 is 0 Å². The number of anilines is 2. The van der Waals surface area contributed by atoms with Crippen LogP contribution in [0.25, 0.3) is 0 Å². The zero-order chi connectivity index (χ0) is 29.3. The molecule has 41 heavy (non-hydrogen) atoms. The molecule has 212 valence electrons. The number of urea groups is 1. The number of hydrogen-bond donors (Lipinski definition) is 3. The molecule has 0 fully saturated rings. The second-order valence-corrected chi connectivity index (χ2v) is 11.3. The van der Waals surface area contributed by atoms with Crippen LogP contribution in [-0.4, -0.2) is 32.6 Å². The molecule has 3 amide bonds. The maximum absolute atomic E-state index is 12.7. The number of ether oxygens (including phenoxy) is 2. The Balaban J connectivity index is 1.22. The Bertz CT molecular complexity index is 1560. The van der Waals surface area contributed by atoms with Crippen molar-refractivity contribution in [2.45, 2.75) is 30.8 Å². The van der Waals surface area contributed by atoms with Crippen LogP contribution in [0.15, 0.2) is 114 Å². The molecule has 0 spiro atoms. The molecule has 10 heteroatoms. The van der Waals surface area contributed by atoms with Crippen LogP contribution in [0, 0.1) is 0 Å². The Labute approximate surface area is 239 Å². The molecule has 4 aromatic rings. The van der Waals surface area contributed by atoms with Crippen molar-refractivity contribution in [3.05, 3.63) is 115 Å². The second kappa shape index (κ2) is 13.0. The molecule has 0 atom stereocenters. The van der Waals surface area contributed by atoms with Crippen LogP contribution in [0.1, 0.15) is 19.4 Å². The summed E-state index contributed by atoms with van der Waals surface area (Å²) >= 11 is 0. The van der Waals surface area contributed by atoms with Crippen molar-refractivity contribution in [1.82, 2.24) is 4.72 Å². The summed E-state index contributed by atoms with van der Waals surface area (Å²) in [6.07, 6.45) is 0.624. The van der Waals surface area contributed by atoms with Gasteiger partial charge in [0.05, 0.1) is 11.5 Å². The molecule has 0 bridgehead atoms. The first-order valence-corrected chi connectivity index (χ1v) is 14.4. The molecule has 0 saturated heterocycles. The van der Waals surface area contributed by atoms with Gasteiger partial charge in [0.2, 0.25) is 0 Å². The third kappa shape index (κ3) is 8.58. The molecule has 0 saturated carbocycles. The van der Waals surface area contributed by atoms with E-state index in [1.54, 1.807) is 66.7 Å². The largest absolute Gasteiger partial charge is 0.493 e. The fourth-order valence-electron chi connectivity index (χ4n) is 3.70. The van der Waals surface area contributed by atoms with Gasteiger partial charge in [-0.15, -0.1) is 0 Å². The van der Waals surface area contributed by atoms with E-state index in [9.17, 15) is 18.0 Å². The average Bonchev–Trinajstić information content (AvgIpc) is 2.95. The number of amides is 3. The second-order valence-electron chi connectivity index (χ2n) is 9.57. The molecule has 9 nitrogen and oxygen atoms in total. The van der Waals surface area contributed by atoms with Crippen LogP contribution in [-0.2, 0) is 21.2 Å². The molecule has 0 aliphatic rings. The minimum Gasteiger partial charge on any atom is -0.493 e. The first-order chi connectivity index (χ1) is 19.6. The summed E-state index contributed by atoms with van der Waals surface area (Å²) in [5.41, 5.74) is 0.890. The summed E-state index contributed by atoms with van der Waals surface area (Å²) in [5.74, 6) is 0.306. The van der Waals surface area contributed by atoms with Crippen molar-refractivity contribution in [3.63, 3.8) is 0 Å². The summed E-state index contributed by atoms with van der Waals surface area (Å²) in [7, 11) is -4.01. The summed E-state index contributed by atoms with van der Waals surface area (Å²) < 4.78 is 38.7. The van der Waals surface area contributed by atoms with E-state index in [2.05, 4.69) is 15.4 Å². The van der Waals surface area contributed by atoms with Crippen molar-refractivity contribution >= 4 is 33.3 Å². The highest BCUT2D eigenvalue weighted by molar-refractivity contribution is 7.90. The predicted octanol–water partition coefficient (Wildman–Crippen LogP) is 5.61. The SMILES string of the molecule is CC(C)(Oc1ccc(CCOc2ccc(NC(=O)Nc3ccccc3)cc2)cc1)C(=O)NS(=O)(=O)c1ccccc1. The summed E-state index contributed by atoms with van der Waals surface area (Å²) in [6, 6.07) is 30.7. The van der Waals surface area contributed by atoms with E-state index in [1.807, 2.05) is 30.3 Å². The minimum atomic E-state index is -4.01. The molecule has 4 rings (SSSR count). The number of para-hydroxylation sites is 1. The number of sulfonamides is 1. The first kappa shape index (κ1) is 29.2. The fourth-order valence-corrected chi connectivity index (χ4v) is 4.83. The number of carbonyl (C=O) groups excluding carboxylic acids is 2. The van der Waals surface area contributed by atoms with E-state index < -0.39 is 21.5 Å². The maximum Gasteiger partial charge on any atom is 0.323 e. The number of nitrogens with one attached hydrogen (secondary N) is 3. The molecule has 0 radical (unpaired) electrons. The van der Waals surface area contributed by atoms with Gasteiger partial charge in [-0.25, -0.2) is 17.9 Å². The van der Waals surface area contributed by atoms with Gasteiger partial charge in [-0.3, -0.25) is 4.79 Å². The molecular weight excluding hydrogens is 542 g/mol. The lowest BCUT2D eigenvalue weighted by Gasteiger charge is -2.25. The van der Waals surface area contributed by atoms with E-state index in [0.717, 1.165) is 5.56 Å². The lowest BCUT2D eigenvalue weighted by atomic mass is 10.1. The lowest BCUT2D eigenvalue weighted by Crippen LogP contribution is -2.48. The average molecular weight is 574 g/mol. The van der Waals surface area contributed by atoms with Crippen molar-refractivity contribution in [2.24, 2.45) is 0 Å². The zero-order valence-corrected chi connectivity index (χ0v) is 23.5. The number of benzene rings is 4. The molecule has 0 aromatic heterocycles. The predicted molar refractivity (Wildman–Crippen MR) is 158 cm³/mol. The zero-order valence-electron chi connectivity index (χ0n) is 22.7. The van der Waals surface area contributed by atoms with Gasteiger partial charge in [0.25, 0.3) is 15.9 Å². The van der Waals surface area contributed by atoms with E-state index >= 15 is 0 Å². The van der Waals surface area contributed by atoms with Gasteiger partial charge in [0.15, 0.2) is 5.60 Å². The van der Waals surface area contributed by atoms with Crippen molar-refractivity contribution < 1.29 is 27.5 Å². The Kier molecular flexibility index (Phi) is 9.26. The third-order valence-corrected chi connectivity index (χ3v) is 7.27. The van der Waals surface area contributed by atoms with Gasteiger partial charge in [-0.2, -0.15) is 0 Å². The third-order valence-electron chi connectivity index (χ3n) is 5.93. The fraction of sp³-hybridized carbons (Fsp3) is 0.161. The monoisotopic (exact) mass is 573 g/mol. The standard InChI is InChI=1S/C31H31N3O6S/c1-31(2,29(35)34-41(37,38)28-11-7-4-8-12-28)40-27-17-13-23(14-18-27)21-22-39-26-19-15-25(16-20-26)33-30(36)32-24-9-5-3-6-10-24/h3-20H,21-22H2,1-2H3,(H,34,35)(H2,32,33,36). The molecule has 4 aromatic carbocycles. The molecule has 3 N–H and O–H groups in total. The van der Waals surface area contributed by atoms with Crippen LogP contribution in [0.4, 0.5) is 16.2 Å².